The van der Waals surface area contributed by atoms with Crippen molar-refractivity contribution in [1.29, 1.82) is 0 Å². The van der Waals surface area contributed by atoms with Gasteiger partial charge < -0.3 is 10.1 Å². The molecular weight excluding hydrogens is 469 g/mol. The molecule has 0 saturated carbocycles. The molecule has 1 N–H and O–H groups in total. The van der Waals surface area contributed by atoms with E-state index in [0.717, 1.165) is 26.2 Å². The second kappa shape index (κ2) is 9.01. The number of para-hydroxylation sites is 1. The van der Waals surface area contributed by atoms with Crippen LogP contribution in [0, 0.1) is 17.4 Å². The monoisotopic (exact) mass is 489 g/mol. The predicted molar refractivity (Wildman–Crippen MR) is 115 cm³/mol. The largest absolute Gasteiger partial charge is 0.455 e. The molecule has 0 bridgehead atoms. The van der Waals surface area contributed by atoms with Gasteiger partial charge in [0.25, 0.3) is 5.91 Å². The number of hydrogen-bond acceptors (Lipinski definition) is 4. The zero-order valence-electron chi connectivity index (χ0n) is 15.6. The van der Waals surface area contributed by atoms with Gasteiger partial charge in [0.05, 0.1) is 17.8 Å². The van der Waals surface area contributed by atoms with Gasteiger partial charge in [0.15, 0.2) is 6.61 Å². The summed E-state index contributed by atoms with van der Waals surface area (Å²) >= 11 is 2.16. The first-order chi connectivity index (χ1) is 13.4. The van der Waals surface area contributed by atoms with Crippen LogP contribution in [0.1, 0.15) is 17.0 Å². The summed E-state index contributed by atoms with van der Waals surface area (Å²) in [5, 5.41) is 7.23. The van der Waals surface area contributed by atoms with Crippen molar-refractivity contribution < 1.29 is 14.3 Å². The van der Waals surface area contributed by atoms with Crippen molar-refractivity contribution >= 4 is 40.2 Å². The minimum absolute atomic E-state index is 0.0705. The maximum absolute atomic E-state index is 12.2. The van der Waals surface area contributed by atoms with E-state index >= 15 is 0 Å². The summed E-state index contributed by atoms with van der Waals surface area (Å²) in [6, 6.07) is 17.1. The predicted octanol–water partition coefficient (Wildman–Crippen LogP) is 3.82. The zero-order chi connectivity index (χ0) is 20.1. The molecule has 144 valence electrons. The Bertz CT molecular complexity index is 999. The van der Waals surface area contributed by atoms with E-state index in [9.17, 15) is 9.59 Å². The van der Waals surface area contributed by atoms with Crippen LogP contribution in [0.2, 0.25) is 0 Å². The van der Waals surface area contributed by atoms with Crippen LogP contribution in [0.25, 0.3) is 5.69 Å². The Kier molecular flexibility index (Phi) is 6.45. The fourth-order valence-electron chi connectivity index (χ4n) is 2.86. The molecule has 7 heteroatoms. The van der Waals surface area contributed by atoms with Crippen LogP contribution < -0.4 is 5.32 Å². The lowest BCUT2D eigenvalue weighted by molar-refractivity contribution is -0.146. The fourth-order valence-corrected chi connectivity index (χ4v) is 3.40. The highest BCUT2D eigenvalue weighted by Gasteiger charge is 2.17. The lowest BCUT2D eigenvalue weighted by Gasteiger charge is -2.08. The van der Waals surface area contributed by atoms with Gasteiger partial charge in [0.2, 0.25) is 0 Å². The third-order valence-electron chi connectivity index (χ3n) is 4.24. The third kappa shape index (κ3) is 4.98. The number of aryl methyl sites for hydroxylation is 1. The summed E-state index contributed by atoms with van der Waals surface area (Å²) in [7, 11) is 0. The Morgan fingerprint density at radius 3 is 2.57 bits per heavy atom. The molecule has 1 heterocycles. The van der Waals surface area contributed by atoms with E-state index in [2.05, 4.69) is 33.0 Å². The summed E-state index contributed by atoms with van der Waals surface area (Å²) in [6.07, 6.45) is 0.0705. The van der Waals surface area contributed by atoms with E-state index in [1.165, 1.54) is 0 Å². The molecule has 0 atom stereocenters. The van der Waals surface area contributed by atoms with Crippen molar-refractivity contribution in [2.75, 3.05) is 11.9 Å². The number of ether oxygens (including phenoxy) is 1. The van der Waals surface area contributed by atoms with Crippen LogP contribution in [0.3, 0.4) is 0 Å². The number of nitrogens with zero attached hydrogens (tertiary/aromatic N) is 2. The number of benzene rings is 2. The van der Waals surface area contributed by atoms with E-state index in [-0.39, 0.29) is 18.9 Å². The average Bonchev–Trinajstić information content (AvgIpc) is 2.95. The normalized spacial score (nSPS) is 10.5. The Hall–Kier alpha value is -2.68. The first-order valence-electron chi connectivity index (χ1n) is 8.75. The lowest BCUT2D eigenvalue weighted by atomic mass is 10.1. The summed E-state index contributed by atoms with van der Waals surface area (Å²) < 4.78 is 7.96. The molecule has 3 aromatic rings. The average molecular weight is 489 g/mol. The number of amides is 1. The minimum atomic E-state index is -0.461. The number of carbonyl (C=O) groups is 2. The number of hydrogen-bond donors (Lipinski definition) is 1. The van der Waals surface area contributed by atoms with Crippen molar-refractivity contribution in [3.63, 3.8) is 0 Å². The second-order valence-corrected chi connectivity index (χ2v) is 7.54. The van der Waals surface area contributed by atoms with Gasteiger partial charge in [-0.05, 0) is 66.8 Å². The van der Waals surface area contributed by atoms with Crippen molar-refractivity contribution in [3.05, 3.63) is 75.1 Å². The topological polar surface area (TPSA) is 73.2 Å². The molecule has 1 aromatic heterocycles. The SMILES string of the molecule is Cc1nn(-c2ccccc2)c(C)c1CC(=O)OCC(=O)Nc1cccc(I)c1. The van der Waals surface area contributed by atoms with E-state index in [1.807, 2.05) is 67.1 Å². The maximum Gasteiger partial charge on any atom is 0.310 e. The van der Waals surface area contributed by atoms with E-state index < -0.39 is 5.97 Å². The van der Waals surface area contributed by atoms with Crippen LogP contribution >= 0.6 is 22.6 Å². The maximum atomic E-state index is 12.2. The lowest BCUT2D eigenvalue weighted by Crippen LogP contribution is -2.21. The molecule has 0 aliphatic carbocycles. The van der Waals surface area contributed by atoms with Gasteiger partial charge >= 0.3 is 5.97 Å². The molecule has 0 unspecified atom stereocenters. The van der Waals surface area contributed by atoms with Gasteiger partial charge in [0, 0.05) is 20.5 Å². The summed E-state index contributed by atoms with van der Waals surface area (Å²) in [4.78, 5) is 24.2. The number of rotatable bonds is 6. The van der Waals surface area contributed by atoms with Crippen LogP contribution in [0.4, 0.5) is 5.69 Å². The highest BCUT2D eigenvalue weighted by molar-refractivity contribution is 14.1. The number of carbonyl (C=O) groups excluding carboxylic acids is 2. The number of aromatic nitrogens is 2. The van der Waals surface area contributed by atoms with E-state index in [4.69, 9.17) is 4.74 Å². The first-order valence-corrected chi connectivity index (χ1v) is 9.83. The fraction of sp³-hybridized carbons (Fsp3) is 0.190. The van der Waals surface area contributed by atoms with Crippen molar-refractivity contribution in [3.8, 4) is 5.69 Å². The molecule has 6 nitrogen and oxygen atoms in total. The van der Waals surface area contributed by atoms with Crippen LogP contribution in [-0.4, -0.2) is 28.3 Å². The number of nitrogens with one attached hydrogen (secondary N) is 1. The van der Waals surface area contributed by atoms with Gasteiger partial charge in [-0.3, -0.25) is 9.59 Å². The molecule has 1 amide bonds. The molecule has 0 radical (unpaired) electrons. The zero-order valence-corrected chi connectivity index (χ0v) is 17.8. The van der Waals surface area contributed by atoms with Gasteiger partial charge in [-0.2, -0.15) is 5.10 Å². The van der Waals surface area contributed by atoms with E-state index in [0.29, 0.717) is 5.69 Å². The molecule has 2 aromatic carbocycles. The van der Waals surface area contributed by atoms with Gasteiger partial charge in [-0.25, -0.2) is 4.68 Å². The van der Waals surface area contributed by atoms with Gasteiger partial charge in [0.1, 0.15) is 0 Å². The van der Waals surface area contributed by atoms with E-state index in [1.54, 1.807) is 6.07 Å². The Balaban J connectivity index is 1.59. The highest BCUT2D eigenvalue weighted by Crippen LogP contribution is 2.18. The second-order valence-electron chi connectivity index (χ2n) is 6.29. The van der Waals surface area contributed by atoms with Crippen molar-refractivity contribution in [2.24, 2.45) is 0 Å². The summed E-state index contributed by atoms with van der Waals surface area (Å²) in [6.45, 7) is 3.45. The summed E-state index contributed by atoms with van der Waals surface area (Å²) in [5.74, 6) is -0.833. The van der Waals surface area contributed by atoms with Crippen LogP contribution in [0.5, 0.6) is 0 Å². The van der Waals surface area contributed by atoms with Crippen LogP contribution in [0.15, 0.2) is 54.6 Å². The molecule has 0 aliphatic rings. The molecule has 0 spiro atoms. The number of anilines is 1. The molecule has 28 heavy (non-hydrogen) atoms. The number of halogens is 1. The molecule has 0 aliphatic heterocycles. The molecule has 0 saturated heterocycles. The first kappa shape index (κ1) is 20.1. The molecular formula is C21H20IN3O3. The van der Waals surface area contributed by atoms with Gasteiger partial charge in [-0.15, -0.1) is 0 Å². The molecule has 3 rings (SSSR count). The quantitative estimate of drug-likeness (QED) is 0.422. The summed E-state index contributed by atoms with van der Waals surface area (Å²) in [5.41, 5.74) is 4.06. The smallest absolute Gasteiger partial charge is 0.310 e. The Labute approximate surface area is 177 Å². The minimum Gasteiger partial charge on any atom is -0.455 e. The standard InChI is InChI=1S/C21H20IN3O3/c1-14-19(15(2)25(24-14)18-9-4-3-5-10-18)12-21(27)28-13-20(26)23-17-8-6-7-16(22)11-17/h3-11H,12-13H2,1-2H3,(H,23,26). The van der Waals surface area contributed by atoms with Gasteiger partial charge in [-0.1, -0.05) is 24.3 Å². The Morgan fingerprint density at radius 1 is 1.11 bits per heavy atom. The number of esters is 1. The highest BCUT2D eigenvalue weighted by atomic mass is 127. The van der Waals surface area contributed by atoms with Crippen LogP contribution in [-0.2, 0) is 20.7 Å². The van der Waals surface area contributed by atoms with Crippen molar-refractivity contribution in [1.82, 2.24) is 9.78 Å². The molecule has 0 fully saturated rings. The third-order valence-corrected chi connectivity index (χ3v) is 4.91. The Morgan fingerprint density at radius 2 is 1.86 bits per heavy atom. The van der Waals surface area contributed by atoms with Crippen molar-refractivity contribution in [2.45, 2.75) is 20.3 Å².